The first-order valence-corrected chi connectivity index (χ1v) is 1.95. The van der Waals surface area contributed by atoms with Gasteiger partial charge in [0.15, 0.2) is 17.4 Å². The summed E-state index contributed by atoms with van der Waals surface area (Å²) in [6.45, 7) is 0. The zero-order chi connectivity index (χ0) is 3.58. The van der Waals surface area contributed by atoms with Crippen LogP contribution in [0, 0.1) is 0 Å². The van der Waals surface area contributed by atoms with E-state index in [9.17, 15) is 0 Å². The molecule has 0 bridgehead atoms. The molecule has 0 spiro atoms. The first-order chi connectivity index (χ1) is 1.73. The molecule has 0 aromatic heterocycles. The summed E-state index contributed by atoms with van der Waals surface area (Å²) in [6.07, 6.45) is 0. The molecule has 2 radical (unpaired) electrons. The minimum absolute atomic E-state index is 0. The van der Waals surface area contributed by atoms with Gasteiger partial charge in [-0.05, 0) is 0 Å². The average Bonchev–Trinajstić information content (AvgIpc) is 0.811. The van der Waals surface area contributed by atoms with Crippen LogP contribution in [0.1, 0.15) is 2.85 Å². The molecule has 0 aliphatic rings. The summed E-state index contributed by atoms with van der Waals surface area (Å²) in [5, 5.41) is 0. The van der Waals surface area contributed by atoms with Crippen molar-refractivity contribution < 1.29 is 16.9 Å². The van der Waals surface area contributed by atoms with Gasteiger partial charge in [-0.15, -0.1) is 0 Å². The van der Waals surface area contributed by atoms with E-state index in [-0.39, 0.29) is 96.4 Å². The Kier molecular flexibility index (Phi) is 51.2. The van der Waals surface area contributed by atoms with Gasteiger partial charge in [-0.1, -0.05) is 0 Å². The fourth-order valence-corrected chi connectivity index (χ4v) is 0. The van der Waals surface area contributed by atoms with Crippen LogP contribution in [-0.4, -0.2) is 112 Å². The van der Waals surface area contributed by atoms with E-state index in [0.717, 1.165) is 0 Å². The van der Waals surface area contributed by atoms with Crippen molar-refractivity contribution in [2.75, 3.05) is 0 Å². The van der Waals surface area contributed by atoms with Gasteiger partial charge in [0.25, 0.3) is 0 Å². The van der Waals surface area contributed by atoms with Crippen LogP contribution in [0.3, 0.4) is 0 Å². The SMILES string of the molecule is O=[Si](O)O.[AlH3].[Ba+2].[H-].[H-].[PbH2]. The van der Waals surface area contributed by atoms with E-state index in [1.165, 1.54) is 0 Å². The zero-order valence-electron chi connectivity index (χ0n) is 5.22. The van der Waals surface area contributed by atoms with E-state index in [4.69, 9.17) is 14.1 Å². The number of hydrogen-bond donors (Lipinski definition) is 2. The van der Waals surface area contributed by atoms with Crippen molar-refractivity contribution in [1.82, 2.24) is 0 Å². The molecular formula is H9AlBaO3PbSi. The molecule has 0 aromatic carbocycles. The molecule has 7 heteroatoms. The first-order valence-electron chi connectivity index (χ1n) is 0.651. The predicted molar refractivity (Wildman–Crippen MR) is 37.3 cm³/mol. The number of rotatable bonds is 0. The molecule has 0 saturated carbocycles. The molecule has 0 amide bonds. The summed E-state index contributed by atoms with van der Waals surface area (Å²) in [5.41, 5.74) is 0. The van der Waals surface area contributed by atoms with E-state index in [1.807, 2.05) is 0 Å². The Morgan fingerprint density at radius 3 is 1.43 bits per heavy atom. The van der Waals surface area contributed by atoms with Crippen LogP contribution in [0.5, 0.6) is 0 Å². The summed E-state index contributed by atoms with van der Waals surface area (Å²) in [5.74, 6) is 0. The molecule has 40 valence electrons. The second-order valence-corrected chi connectivity index (χ2v) is 0.848. The molecule has 0 aromatic rings. The Morgan fingerprint density at radius 1 is 1.43 bits per heavy atom. The van der Waals surface area contributed by atoms with Crippen LogP contribution in [0.15, 0.2) is 0 Å². The van der Waals surface area contributed by atoms with Crippen molar-refractivity contribution in [2.45, 2.75) is 0 Å². The van der Waals surface area contributed by atoms with E-state index >= 15 is 0 Å². The normalized spacial score (nSPS) is 3.43. The zero-order valence-corrected chi connectivity index (χ0v) is 14.2. The molecule has 0 atom stereocenters. The van der Waals surface area contributed by atoms with Gasteiger partial charge in [0.05, 0.1) is 0 Å². The van der Waals surface area contributed by atoms with Crippen molar-refractivity contribution in [3.05, 3.63) is 0 Å². The van der Waals surface area contributed by atoms with Crippen LogP contribution in [0.25, 0.3) is 0 Å². The standard InChI is InChI=1S/Al.Ba.H2O3Si.Pb.7H/c;;1-4(2)3;;;;;;;;/h;;1-2H;;;;;;;;/q;+2;;;;;;;;2*-1. The Hall–Kier alpha value is 2.64. The third-order valence-corrected chi connectivity index (χ3v) is 0. The summed E-state index contributed by atoms with van der Waals surface area (Å²) in [4.78, 5) is 14.3. The van der Waals surface area contributed by atoms with Crippen molar-refractivity contribution in [1.29, 1.82) is 0 Å². The van der Waals surface area contributed by atoms with Gasteiger partial charge in [0, 0.05) is 0 Å². The average molecular weight is 457 g/mol. The summed E-state index contributed by atoms with van der Waals surface area (Å²) in [7, 11) is -3.13. The molecular weight excluding hydrogens is 448 g/mol. The fourth-order valence-electron chi connectivity index (χ4n) is 0. The second-order valence-electron chi connectivity index (χ2n) is 0.283. The van der Waals surface area contributed by atoms with Gasteiger partial charge >= 0.3 is 85.4 Å². The Morgan fingerprint density at radius 2 is 1.43 bits per heavy atom. The monoisotopic (exact) mass is 458 g/mol. The predicted octanol–water partition coefficient (Wildman–Crippen LogP) is -3.87. The number of hydrogen-bond acceptors (Lipinski definition) is 1. The van der Waals surface area contributed by atoms with Crippen molar-refractivity contribution in [3.8, 4) is 0 Å². The molecule has 0 saturated heterocycles. The molecule has 0 heterocycles. The molecule has 7 heavy (non-hydrogen) atoms. The summed E-state index contributed by atoms with van der Waals surface area (Å²) < 4.78 is 8.74. The minimum atomic E-state index is -3.13. The van der Waals surface area contributed by atoms with E-state index in [1.54, 1.807) is 0 Å². The van der Waals surface area contributed by atoms with E-state index in [0.29, 0.717) is 0 Å². The fraction of sp³-hybridized carbons (Fsp3) is 0. The molecule has 3 nitrogen and oxygen atoms in total. The van der Waals surface area contributed by atoms with Gasteiger partial charge in [0.2, 0.25) is 0 Å². The van der Waals surface area contributed by atoms with Crippen molar-refractivity contribution in [2.24, 2.45) is 0 Å². The van der Waals surface area contributed by atoms with Crippen LogP contribution in [-0.2, 0) is 4.46 Å². The Balaban J connectivity index is -0.00000000450. The van der Waals surface area contributed by atoms with Crippen LogP contribution in [0.4, 0.5) is 0 Å². The van der Waals surface area contributed by atoms with E-state index < -0.39 is 9.17 Å². The van der Waals surface area contributed by atoms with Gasteiger partial charge in [-0.25, -0.2) is 0 Å². The summed E-state index contributed by atoms with van der Waals surface area (Å²) >= 11 is 0. The Bertz CT molecular complexity index is 44.8. The van der Waals surface area contributed by atoms with Crippen LogP contribution >= 0.6 is 0 Å². The van der Waals surface area contributed by atoms with Gasteiger partial charge in [-0.2, -0.15) is 0 Å². The molecule has 0 unspecified atom stereocenters. The molecule has 0 fully saturated rings. The van der Waals surface area contributed by atoms with Crippen LogP contribution < -0.4 is 0 Å². The third kappa shape index (κ3) is 54.6. The van der Waals surface area contributed by atoms with Gasteiger partial charge in [-0.3, -0.25) is 4.46 Å². The molecule has 0 aliphatic carbocycles. The maximum atomic E-state index is 8.74. The Labute approximate surface area is 117 Å². The van der Waals surface area contributed by atoms with Gasteiger partial charge in [0.1, 0.15) is 0 Å². The van der Waals surface area contributed by atoms with E-state index in [2.05, 4.69) is 0 Å². The van der Waals surface area contributed by atoms with Gasteiger partial charge < -0.3 is 12.4 Å². The topological polar surface area (TPSA) is 57.5 Å². The third-order valence-electron chi connectivity index (χ3n) is 0. The molecule has 0 aliphatic heterocycles. The maximum absolute atomic E-state index is 8.74. The van der Waals surface area contributed by atoms with Crippen molar-refractivity contribution in [3.63, 3.8) is 0 Å². The van der Waals surface area contributed by atoms with Crippen molar-refractivity contribution >= 4 is 103 Å². The molecule has 2 N–H and O–H groups in total. The summed E-state index contributed by atoms with van der Waals surface area (Å²) in [6, 6.07) is 0. The second kappa shape index (κ2) is 15.9. The first kappa shape index (κ1) is 22.6. The molecule has 0 rings (SSSR count). The van der Waals surface area contributed by atoms with Crippen LogP contribution in [0.2, 0.25) is 0 Å². The quantitative estimate of drug-likeness (QED) is 0.367.